The van der Waals surface area contributed by atoms with Crippen LogP contribution in [-0.4, -0.2) is 25.8 Å². The number of rotatable bonds is 5. The lowest BCUT2D eigenvalue weighted by atomic mass is 9.85. The number of halogens is 4. The Bertz CT molecular complexity index is 622. The molecule has 0 saturated heterocycles. The van der Waals surface area contributed by atoms with Gasteiger partial charge in [0.25, 0.3) is 5.92 Å². The molecule has 4 nitrogen and oxygen atoms in total. The second kappa shape index (κ2) is 5.87. The Kier molecular flexibility index (Phi) is 4.51. The van der Waals surface area contributed by atoms with Gasteiger partial charge in [0.15, 0.2) is 5.60 Å². The smallest absolute Gasteiger partial charge is 0.281 e. The standard InChI is InChI=1S/C13H13Cl2F2N3O/c1-2-13(16,17)12(21,6-20-8-18-7-19-20)10-4-3-9(14)5-11(10)15/h3-5,7-8,21H,2,6H2,1H3. The summed E-state index contributed by atoms with van der Waals surface area (Å²) < 4.78 is 29.8. The highest BCUT2D eigenvalue weighted by atomic mass is 35.5. The van der Waals surface area contributed by atoms with Crippen molar-refractivity contribution in [3.8, 4) is 0 Å². The number of alkyl halides is 2. The van der Waals surface area contributed by atoms with E-state index in [1.807, 2.05) is 0 Å². The Hall–Kier alpha value is -1.24. The predicted molar refractivity (Wildman–Crippen MR) is 75.6 cm³/mol. The summed E-state index contributed by atoms with van der Waals surface area (Å²) in [6.07, 6.45) is 1.89. The van der Waals surface area contributed by atoms with Crippen LogP contribution in [0.1, 0.15) is 18.9 Å². The average molecular weight is 336 g/mol. The van der Waals surface area contributed by atoms with Crippen LogP contribution in [0, 0.1) is 0 Å². The van der Waals surface area contributed by atoms with Crippen molar-refractivity contribution >= 4 is 23.2 Å². The number of benzene rings is 1. The first-order chi connectivity index (χ1) is 9.80. The van der Waals surface area contributed by atoms with Crippen LogP contribution in [0.2, 0.25) is 10.0 Å². The Morgan fingerprint density at radius 1 is 1.33 bits per heavy atom. The summed E-state index contributed by atoms with van der Waals surface area (Å²) in [5.74, 6) is -3.41. The van der Waals surface area contributed by atoms with E-state index in [4.69, 9.17) is 23.2 Å². The van der Waals surface area contributed by atoms with Crippen LogP contribution in [0.25, 0.3) is 0 Å². The van der Waals surface area contributed by atoms with E-state index in [1.165, 1.54) is 37.8 Å². The molecule has 0 saturated carbocycles. The van der Waals surface area contributed by atoms with E-state index >= 15 is 0 Å². The molecule has 1 aromatic carbocycles. The zero-order chi connectivity index (χ0) is 15.7. The maximum atomic E-state index is 14.4. The molecule has 1 aromatic heterocycles. The minimum Gasteiger partial charge on any atom is -0.377 e. The SMILES string of the molecule is CCC(F)(F)C(O)(Cn1cncn1)c1ccc(Cl)cc1Cl. The van der Waals surface area contributed by atoms with Crippen LogP contribution in [0.3, 0.4) is 0 Å². The van der Waals surface area contributed by atoms with Crippen LogP contribution < -0.4 is 0 Å². The molecule has 0 spiro atoms. The molecule has 8 heteroatoms. The maximum absolute atomic E-state index is 14.4. The summed E-state index contributed by atoms with van der Waals surface area (Å²) in [6, 6.07) is 4.02. The summed E-state index contributed by atoms with van der Waals surface area (Å²) in [5.41, 5.74) is -2.62. The van der Waals surface area contributed by atoms with E-state index in [0.717, 1.165) is 4.68 Å². The van der Waals surface area contributed by atoms with Crippen molar-refractivity contribution in [2.75, 3.05) is 0 Å². The summed E-state index contributed by atoms with van der Waals surface area (Å²) in [6.45, 7) is 0.811. The molecule has 2 aromatic rings. The normalized spacial score (nSPS) is 15.0. The molecule has 0 fully saturated rings. The summed E-state index contributed by atoms with van der Waals surface area (Å²) >= 11 is 11.8. The quantitative estimate of drug-likeness (QED) is 0.909. The van der Waals surface area contributed by atoms with Gasteiger partial charge in [0.1, 0.15) is 12.7 Å². The minimum atomic E-state index is -3.41. The van der Waals surface area contributed by atoms with Gasteiger partial charge in [-0.25, -0.2) is 18.4 Å². The van der Waals surface area contributed by atoms with Gasteiger partial charge in [-0.05, 0) is 12.1 Å². The van der Waals surface area contributed by atoms with Crippen LogP contribution >= 0.6 is 23.2 Å². The second-order valence-corrected chi connectivity index (χ2v) is 5.48. The first kappa shape index (κ1) is 16.1. The lowest BCUT2D eigenvalue weighted by Crippen LogP contribution is -2.48. The van der Waals surface area contributed by atoms with Gasteiger partial charge in [-0.15, -0.1) is 0 Å². The van der Waals surface area contributed by atoms with E-state index in [1.54, 1.807) is 0 Å². The van der Waals surface area contributed by atoms with Gasteiger partial charge >= 0.3 is 0 Å². The van der Waals surface area contributed by atoms with Gasteiger partial charge in [0.2, 0.25) is 0 Å². The molecule has 2 rings (SSSR count). The molecule has 0 radical (unpaired) electrons. The molecule has 21 heavy (non-hydrogen) atoms. The Morgan fingerprint density at radius 2 is 2.05 bits per heavy atom. The first-order valence-corrected chi connectivity index (χ1v) is 6.94. The largest absolute Gasteiger partial charge is 0.377 e. The van der Waals surface area contributed by atoms with E-state index in [9.17, 15) is 13.9 Å². The number of hydrogen-bond donors (Lipinski definition) is 1. The summed E-state index contributed by atoms with van der Waals surface area (Å²) in [5, 5.41) is 14.7. The number of aromatic nitrogens is 3. The summed E-state index contributed by atoms with van der Waals surface area (Å²) in [4.78, 5) is 3.69. The Balaban J connectivity index is 2.54. The molecule has 0 aliphatic carbocycles. The molecule has 1 N–H and O–H groups in total. The lowest BCUT2D eigenvalue weighted by molar-refractivity contribution is -0.197. The number of nitrogens with zero attached hydrogens (tertiary/aromatic N) is 3. The molecule has 1 unspecified atom stereocenters. The molecule has 0 aliphatic heterocycles. The molecule has 0 bridgehead atoms. The molecule has 1 atom stereocenters. The maximum Gasteiger partial charge on any atom is 0.281 e. The van der Waals surface area contributed by atoms with Crippen molar-refractivity contribution in [1.29, 1.82) is 0 Å². The number of aliphatic hydroxyl groups is 1. The highest BCUT2D eigenvalue weighted by Crippen LogP contribution is 2.44. The fourth-order valence-corrected chi connectivity index (χ4v) is 2.63. The highest BCUT2D eigenvalue weighted by Gasteiger charge is 2.53. The molecule has 1 heterocycles. The minimum absolute atomic E-state index is 0.0294. The van der Waals surface area contributed by atoms with Crippen molar-refractivity contribution in [2.24, 2.45) is 0 Å². The van der Waals surface area contributed by atoms with Crippen molar-refractivity contribution in [3.63, 3.8) is 0 Å². The molecular formula is C13H13Cl2F2N3O. The third kappa shape index (κ3) is 3.02. The lowest BCUT2D eigenvalue weighted by Gasteiger charge is -2.36. The van der Waals surface area contributed by atoms with Gasteiger partial charge in [0, 0.05) is 22.0 Å². The van der Waals surface area contributed by atoms with Gasteiger partial charge in [-0.3, -0.25) is 0 Å². The first-order valence-electron chi connectivity index (χ1n) is 6.18. The van der Waals surface area contributed by atoms with Crippen molar-refractivity contribution in [1.82, 2.24) is 14.8 Å². The monoisotopic (exact) mass is 335 g/mol. The zero-order valence-electron chi connectivity index (χ0n) is 11.1. The number of hydrogen-bond acceptors (Lipinski definition) is 3. The topological polar surface area (TPSA) is 50.9 Å². The van der Waals surface area contributed by atoms with Gasteiger partial charge in [0.05, 0.1) is 6.54 Å². The van der Waals surface area contributed by atoms with E-state index in [0.29, 0.717) is 5.02 Å². The van der Waals surface area contributed by atoms with Crippen LogP contribution in [0.15, 0.2) is 30.9 Å². The zero-order valence-corrected chi connectivity index (χ0v) is 12.6. The Morgan fingerprint density at radius 3 is 2.57 bits per heavy atom. The summed E-state index contributed by atoms with van der Waals surface area (Å²) in [7, 11) is 0. The molecule has 114 valence electrons. The van der Waals surface area contributed by atoms with Crippen LogP contribution in [0.5, 0.6) is 0 Å². The third-order valence-electron chi connectivity index (χ3n) is 3.28. The van der Waals surface area contributed by atoms with E-state index in [-0.39, 0.29) is 10.6 Å². The van der Waals surface area contributed by atoms with E-state index < -0.39 is 24.5 Å². The van der Waals surface area contributed by atoms with Gasteiger partial charge in [-0.2, -0.15) is 5.10 Å². The Labute approximate surface area is 130 Å². The fourth-order valence-electron chi connectivity index (χ4n) is 2.06. The van der Waals surface area contributed by atoms with Gasteiger partial charge < -0.3 is 5.11 Å². The highest BCUT2D eigenvalue weighted by molar-refractivity contribution is 6.35. The van der Waals surface area contributed by atoms with Crippen molar-refractivity contribution in [2.45, 2.75) is 31.4 Å². The van der Waals surface area contributed by atoms with Gasteiger partial charge in [-0.1, -0.05) is 36.2 Å². The molecule has 0 amide bonds. The van der Waals surface area contributed by atoms with Crippen molar-refractivity contribution in [3.05, 3.63) is 46.5 Å². The second-order valence-electron chi connectivity index (χ2n) is 4.64. The molecule has 0 aliphatic rings. The predicted octanol–water partition coefficient (Wildman–Crippen LogP) is 3.52. The van der Waals surface area contributed by atoms with Crippen LogP contribution in [0.4, 0.5) is 8.78 Å². The molecular weight excluding hydrogens is 323 g/mol. The van der Waals surface area contributed by atoms with E-state index in [2.05, 4.69) is 10.1 Å². The fraction of sp³-hybridized carbons (Fsp3) is 0.385. The van der Waals surface area contributed by atoms with Crippen LogP contribution in [-0.2, 0) is 12.1 Å². The average Bonchev–Trinajstić information content (AvgIpc) is 2.90. The van der Waals surface area contributed by atoms with Crippen molar-refractivity contribution < 1.29 is 13.9 Å². The third-order valence-corrected chi connectivity index (χ3v) is 3.83.